The summed E-state index contributed by atoms with van der Waals surface area (Å²) in [5, 5.41) is 11.8. The third kappa shape index (κ3) is 2.74. The zero-order valence-electron chi connectivity index (χ0n) is 12.9. The maximum atomic E-state index is 12.7. The third-order valence-corrected chi connectivity index (χ3v) is 4.14. The van der Waals surface area contributed by atoms with E-state index in [4.69, 9.17) is 16.3 Å². The van der Waals surface area contributed by atoms with Gasteiger partial charge in [0.25, 0.3) is 5.91 Å². The average molecular weight is 347 g/mol. The van der Waals surface area contributed by atoms with Crippen LogP contribution in [-0.4, -0.2) is 55.3 Å². The van der Waals surface area contributed by atoms with Gasteiger partial charge in [0.15, 0.2) is 11.5 Å². The number of nitrogens with zero attached hydrogens (tertiary/aromatic N) is 5. The molecule has 1 saturated heterocycles. The first-order valence-electron chi connectivity index (χ1n) is 7.55. The number of halogens is 1. The number of carbonyl (C=O) groups excluding carboxylic acids is 1. The molecule has 4 rings (SSSR count). The van der Waals surface area contributed by atoms with Gasteiger partial charge in [-0.25, -0.2) is 9.50 Å². The second-order valence-corrected chi connectivity index (χ2v) is 6.07. The molecule has 9 heteroatoms. The van der Waals surface area contributed by atoms with E-state index >= 15 is 0 Å². The second-order valence-electron chi connectivity index (χ2n) is 5.63. The highest BCUT2D eigenvalue weighted by atomic mass is 35.5. The van der Waals surface area contributed by atoms with Crippen molar-refractivity contribution in [2.45, 2.75) is 13.0 Å². The number of carbonyl (C=O) groups is 1. The number of ether oxygens (including phenoxy) is 1. The molecule has 8 nitrogen and oxygen atoms in total. The van der Waals surface area contributed by atoms with Gasteiger partial charge in [-0.3, -0.25) is 9.89 Å². The predicted molar refractivity (Wildman–Crippen MR) is 85.9 cm³/mol. The van der Waals surface area contributed by atoms with Crippen molar-refractivity contribution in [2.75, 3.05) is 19.7 Å². The summed E-state index contributed by atoms with van der Waals surface area (Å²) >= 11 is 5.98. The Kier molecular flexibility index (Phi) is 3.70. The second kappa shape index (κ2) is 5.88. The fraction of sp³-hybridized carbons (Fsp3) is 0.333. The van der Waals surface area contributed by atoms with Crippen LogP contribution in [0.15, 0.2) is 24.4 Å². The maximum absolute atomic E-state index is 12.7. The monoisotopic (exact) mass is 346 g/mol. The maximum Gasteiger partial charge on any atom is 0.274 e. The van der Waals surface area contributed by atoms with E-state index in [2.05, 4.69) is 20.3 Å². The van der Waals surface area contributed by atoms with Gasteiger partial charge in [0.1, 0.15) is 11.9 Å². The number of amides is 1. The molecule has 4 heterocycles. The molecule has 3 aromatic heterocycles. The van der Waals surface area contributed by atoms with Gasteiger partial charge in [-0.2, -0.15) is 10.2 Å². The molecular weight excluding hydrogens is 332 g/mol. The topological polar surface area (TPSA) is 88.4 Å². The van der Waals surface area contributed by atoms with E-state index in [0.717, 1.165) is 5.52 Å². The van der Waals surface area contributed by atoms with E-state index in [0.29, 0.717) is 42.1 Å². The van der Waals surface area contributed by atoms with E-state index in [1.807, 2.05) is 6.92 Å². The van der Waals surface area contributed by atoms with Gasteiger partial charge in [-0.1, -0.05) is 11.6 Å². The lowest BCUT2D eigenvalue weighted by Gasteiger charge is -2.31. The zero-order valence-corrected chi connectivity index (χ0v) is 13.7. The van der Waals surface area contributed by atoms with E-state index in [-0.39, 0.29) is 12.0 Å². The van der Waals surface area contributed by atoms with Gasteiger partial charge in [0.2, 0.25) is 0 Å². The van der Waals surface area contributed by atoms with Crippen LogP contribution < -0.4 is 0 Å². The molecule has 0 saturated carbocycles. The van der Waals surface area contributed by atoms with Crippen LogP contribution >= 0.6 is 11.6 Å². The molecule has 1 aliphatic heterocycles. The summed E-state index contributed by atoms with van der Waals surface area (Å²) < 4.78 is 7.32. The first kappa shape index (κ1) is 15.1. The van der Waals surface area contributed by atoms with Crippen LogP contribution in [-0.2, 0) is 4.74 Å². The van der Waals surface area contributed by atoms with Crippen LogP contribution in [0.4, 0.5) is 0 Å². The van der Waals surface area contributed by atoms with Crippen molar-refractivity contribution >= 4 is 23.0 Å². The van der Waals surface area contributed by atoms with Crippen LogP contribution in [0.3, 0.4) is 0 Å². The number of nitrogens with one attached hydrogen (secondary N) is 1. The van der Waals surface area contributed by atoms with Gasteiger partial charge in [0, 0.05) is 17.8 Å². The minimum Gasteiger partial charge on any atom is -0.366 e. The number of morpholine rings is 1. The zero-order chi connectivity index (χ0) is 16.7. The van der Waals surface area contributed by atoms with Gasteiger partial charge in [-0.05, 0) is 25.1 Å². The van der Waals surface area contributed by atoms with Crippen molar-refractivity contribution in [3.05, 3.63) is 46.8 Å². The summed E-state index contributed by atoms with van der Waals surface area (Å²) in [6.07, 6.45) is 1.40. The molecule has 0 aliphatic carbocycles. The molecule has 1 aliphatic rings. The van der Waals surface area contributed by atoms with Crippen LogP contribution in [0.5, 0.6) is 0 Å². The number of hydrogen-bond acceptors (Lipinski definition) is 5. The van der Waals surface area contributed by atoms with Gasteiger partial charge < -0.3 is 9.64 Å². The number of rotatable bonds is 2. The molecule has 0 radical (unpaired) electrons. The molecule has 24 heavy (non-hydrogen) atoms. The number of aromatic nitrogens is 5. The lowest BCUT2D eigenvalue weighted by molar-refractivity contribution is -0.0268. The van der Waals surface area contributed by atoms with Crippen LogP contribution in [0.2, 0.25) is 5.02 Å². The average Bonchev–Trinajstić information content (AvgIpc) is 3.20. The molecule has 1 unspecified atom stereocenters. The number of H-pyrrole nitrogens is 1. The largest absolute Gasteiger partial charge is 0.366 e. The van der Waals surface area contributed by atoms with Crippen molar-refractivity contribution in [2.24, 2.45) is 0 Å². The molecule has 1 fully saturated rings. The van der Waals surface area contributed by atoms with Crippen LogP contribution in [0.25, 0.3) is 5.52 Å². The molecular formula is C15H15ClN6O2. The highest BCUT2D eigenvalue weighted by Gasteiger charge is 2.29. The van der Waals surface area contributed by atoms with Crippen LogP contribution in [0.1, 0.15) is 28.2 Å². The molecule has 0 spiro atoms. The van der Waals surface area contributed by atoms with E-state index in [9.17, 15) is 4.79 Å². The quantitative estimate of drug-likeness (QED) is 0.761. The van der Waals surface area contributed by atoms with Crippen molar-refractivity contribution in [1.29, 1.82) is 0 Å². The highest BCUT2D eigenvalue weighted by Crippen LogP contribution is 2.21. The Balaban J connectivity index is 1.56. The Morgan fingerprint density at radius 3 is 3.12 bits per heavy atom. The Bertz CT molecular complexity index is 904. The number of aromatic amines is 1. The third-order valence-electron chi connectivity index (χ3n) is 3.90. The molecule has 3 aromatic rings. The van der Waals surface area contributed by atoms with Gasteiger partial charge in [0.05, 0.1) is 18.7 Å². The molecule has 124 valence electrons. The number of hydrogen-bond donors (Lipinski definition) is 1. The Hall–Kier alpha value is -2.45. The van der Waals surface area contributed by atoms with Gasteiger partial charge >= 0.3 is 0 Å². The minimum atomic E-state index is -0.334. The van der Waals surface area contributed by atoms with Crippen molar-refractivity contribution < 1.29 is 9.53 Å². The summed E-state index contributed by atoms with van der Waals surface area (Å²) in [6, 6.07) is 5.23. The van der Waals surface area contributed by atoms with Gasteiger partial charge in [-0.15, -0.1) is 0 Å². The van der Waals surface area contributed by atoms with Crippen molar-refractivity contribution in [3.63, 3.8) is 0 Å². The first-order chi connectivity index (χ1) is 11.6. The number of aryl methyl sites for hydroxylation is 1. The molecule has 0 aromatic carbocycles. The summed E-state index contributed by atoms with van der Waals surface area (Å²) in [6.45, 7) is 3.16. The number of fused-ring (bicyclic) bond motifs is 1. The SMILES string of the molecule is Cc1nc(C2CN(C(=O)c3cc4cc(Cl)ccn4n3)CCO2)n[nH]1. The van der Waals surface area contributed by atoms with E-state index < -0.39 is 0 Å². The summed E-state index contributed by atoms with van der Waals surface area (Å²) in [4.78, 5) is 18.7. The lowest BCUT2D eigenvalue weighted by atomic mass is 10.2. The first-order valence-corrected chi connectivity index (χ1v) is 7.92. The Labute approximate surface area is 142 Å². The Morgan fingerprint density at radius 2 is 2.33 bits per heavy atom. The predicted octanol–water partition coefficient (Wildman–Crippen LogP) is 1.63. The normalized spacial score (nSPS) is 18.2. The fourth-order valence-electron chi connectivity index (χ4n) is 2.73. The van der Waals surface area contributed by atoms with Crippen molar-refractivity contribution in [1.82, 2.24) is 29.7 Å². The van der Waals surface area contributed by atoms with Crippen LogP contribution in [0, 0.1) is 6.92 Å². The summed E-state index contributed by atoms with van der Waals surface area (Å²) in [5.41, 5.74) is 1.16. The molecule has 0 bridgehead atoms. The lowest BCUT2D eigenvalue weighted by Crippen LogP contribution is -2.42. The van der Waals surface area contributed by atoms with E-state index in [1.54, 1.807) is 33.8 Å². The molecule has 1 amide bonds. The number of pyridine rings is 1. The Morgan fingerprint density at radius 1 is 1.46 bits per heavy atom. The van der Waals surface area contributed by atoms with Crippen molar-refractivity contribution in [3.8, 4) is 0 Å². The smallest absolute Gasteiger partial charge is 0.274 e. The molecule has 1 atom stereocenters. The minimum absolute atomic E-state index is 0.143. The fourth-order valence-corrected chi connectivity index (χ4v) is 2.90. The molecule has 1 N–H and O–H groups in total. The highest BCUT2D eigenvalue weighted by molar-refractivity contribution is 6.30. The summed E-state index contributed by atoms with van der Waals surface area (Å²) in [5.74, 6) is 1.14. The standard InChI is InChI=1S/C15H15ClN6O2/c1-9-17-14(19-18-9)13-8-21(4-5-24-13)15(23)12-7-11-6-10(16)2-3-22(11)20-12/h2-3,6-7,13H,4-5,8H2,1H3,(H,17,18,19). The summed E-state index contributed by atoms with van der Waals surface area (Å²) in [7, 11) is 0. The van der Waals surface area contributed by atoms with E-state index in [1.165, 1.54) is 0 Å².